The van der Waals surface area contributed by atoms with Gasteiger partial charge in [0.15, 0.2) is 0 Å². The average Bonchev–Trinajstić information content (AvgIpc) is 2.82. The summed E-state index contributed by atoms with van der Waals surface area (Å²) in [6, 6.07) is 21.4. The van der Waals surface area contributed by atoms with Gasteiger partial charge < -0.3 is 19.5 Å². The van der Waals surface area contributed by atoms with Crippen molar-refractivity contribution in [3.05, 3.63) is 95.6 Å². The summed E-state index contributed by atoms with van der Waals surface area (Å²) in [5.74, 6) is 0.583. The number of nitrogens with one attached hydrogen (secondary N) is 1. The molecular weight excluding hydrogens is 394 g/mol. The molecule has 3 aromatic rings. The minimum atomic E-state index is -0.490. The molecule has 0 spiro atoms. The van der Waals surface area contributed by atoms with Gasteiger partial charge in [-0.1, -0.05) is 30.3 Å². The fraction of sp³-hybridized carbons (Fsp3) is 0.120. The Balaban J connectivity index is 1.55. The number of methoxy groups -OCH3 is 2. The van der Waals surface area contributed by atoms with Gasteiger partial charge in [0, 0.05) is 22.9 Å². The van der Waals surface area contributed by atoms with Crippen LogP contribution >= 0.6 is 0 Å². The number of para-hydroxylation sites is 1. The average molecular weight is 417 g/mol. The Bertz CT molecular complexity index is 1060. The van der Waals surface area contributed by atoms with Crippen LogP contribution in [-0.4, -0.2) is 26.1 Å². The zero-order valence-corrected chi connectivity index (χ0v) is 17.3. The highest BCUT2D eigenvalue weighted by molar-refractivity contribution is 6.04. The van der Waals surface area contributed by atoms with Crippen molar-refractivity contribution in [1.82, 2.24) is 0 Å². The van der Waals surface area contributed by atoms with E-state index < -0.39 is 5.97 Å². The van der Waals surface area contributed by atoms with Crippen molar-refractivity contribution in [3.8, 4) is 11.5 Å². The number of rotatable bonds is 8. The van der Waals surface area contributed by atoms with Crippen LogP contribution in [0.15, 0.2) is 78.9 Å². The van der Waals surface area contributed by atoms with Gasteiger partial charge in [0.2, 0.25) is 0 Å². The first-order valence-electron chi connectivity index (χ1n) is 9.61. The summed E-state index contributed by atoms with van der Waals surface area (Å²) < 4.78 is 15.8. The summed E-state index contributed by atoms with van der Waals surface area (Å²) in [5, 5.41) is 2.83. The molecule has 31 heavy (non-hydrogen) atoms. The summed E-state index contributed by atoms with van der Waals surface area (Å²) in [4.78, 5) is 24.4. The third-order valence-corrected chi connectivity index (χ3v) is 4.46. The summed E-state index contributed by atoms with van der Waals surface area (Å²) in [5.41, 5.74) is 2.72. The Morgan fingerprint density at radius 2 is 1.65 bits per heavy atom. The Hall–Kier alpha value is -4.06. The molecule has 0 atom stereocenters. The minimum Gasteiger partial charge on any atom is -0.497 e. The van der Waals surface area contributed by atoms with E-state index in [0.29, 0.717) is 22.6 Å². The minimum absolute atomic E-state index is 0.0962. The number of hydrogen-bond donors (Lipinski definition) is 1. The SMILES string of the molecule is COc1ccc(OC)c(/C=C/C(=O)OCc2ccc(C(=O)Nc3ccccc3)cc2)c1. The second-order valence-electron chi connectivity index (χ2n) is 6.57. The number of carbonyl (C=O) groups excluding carboxylic acids is 2. The van der Waals surface area contributed by atoms with E-state index >= 15 is 0 Å². The summed E-state index contributed by atoms with van der Waals surface area (Å²) in [6.45, 7) is 0.0962. The van der Waals surface area contributed by atoms with Gasteiger partial charge in [0.25, 0.3) is 5.91 Å². The van der Waals surface area contributed by atoms with Crippen LogP contribution in [0.1, 0.15) is 21.5 Å². The van der Waals surface area contributed by atoms with E-state index in [2.05, 4.69) is 5.32 Å². The van der Waals surface area contributed by atoms with Crippen molar-refractivity contribution in [2.75, 3.05) is 19.5 Å². The molecule has 0 aromatic heterocycles. The van der Waals surface area contributed by atoms with E-state index in [1.54, 1.807) is 62.8 Å². The van der Waals surface area contributed by atoms with Crippen molar-refractivity contribution in [2.45, 2.75) is 6.61 Å². The molecule has 0 saturated carbocycles. The number of ether oxygens (including phenoxy) is 3. The molecule has 0 heterocycles. The van der Waals surface area contributed by atoms with Gasteiger partial charge in [0.05, 0.1) is 14.2 Å². The summed E-state index contributed by atoms with van der Waals surface area (Å²) in [7, 11) is 3.13. The molecule has 0 fully saturated rings. The van der Waals surface area contributed by atoms with Gasteiger partial charge in [-0.2, -0.15) is 0 Å². The number of esters is 1. The van der Waals surface area contributed by atoms with E-state index in [1.165, 1.54) is 6.08 Å². The van der Waals surface area contributed by atoms with Crippen molar-refractivity contribution in [3.63, 3.8) is 0 Å². The largest absolute Gasteiger partial charge is 0.497 e. The van der Waals surface area contributed by atoms with Crippen LogP contribution in [-0.2, 0) is 16.1 Å². The molecule has 0 aliphatic carbocycles. The zero-order valence-electron chi connectivity index (χ0n) is 17.3. The topological polar surface area (TPSA) is 73.9 Å². The normalized spacial score (nSPS) is 10.5. The Morgan fingerprint density at radius 1 is 0.903 bits per heavy atom. The highest BCUT2D eigenvalue weighted by Gasteiger charge is 2.07. The highest BCUT2D eigenvalue weighted by atomic mass is 16.5. The lowest BCUT2D eigenvalue weighted by atomic mass is 10.1. The van der Waals surface area contributed by atoms with Crippen LogP contribution < -0.4 is 14.8 Å². The summed E-state index contributed by atoms with van der Waals surface area (Å²) >= 11 is 0. The quantitative estimate of drug-likeness (QED) is 0.424. The number of amides is 1. The van der Waals surface area contributed by atoms with E-state index in [9.17, 15) is 9.59 Å². The van der Waals surface area contributed by atoms with Gasteiger partial charge in [-0.3, -0.25) is 4.79 Å². The maximum absolute atomic E-state index is 12.3. The molecule has 3 rings (SSSR count). The lowest BCUT2D eigenvalue weighted by Crippen LogP contribution is -2.11. The van der Waals surface area contributed by atoms with E-state index in [4.69, 9.17) is 14.2 Å². The third-order valence-electron chi connectivity index (χ3n) is 4.46. The van der Waals surface area contributed by atoms with Crippen LogP contribution in [0.2, 0.25) is 0 Å². The molecule has 0 unspecified atom stereocenters. The molecule has 0 aliphatic rings. The molecule has 0 saturated heterocycles. The predicted octanol–water partition coefficient (Wildman–Crippen LogP) is 4.71. The molecule has 0 aliphatic heterocycles. The highest BCUT2D eigenvalue weighted by Crippen LogP contribution is 2.25. The fourth-order valence-corrected chi connectivity index (χ4v) is 2.81. The number of carbonyl (C=O) groups is 2. The van der Waals surface area contributed by atoms with Crippen molar-refractivity contribution in [1.29, 1.82) is 0 Å². The number of hydrogen-bond acceptors (Lipinski definition) is 5. The van der Waals surface area contributed by atoms with Crippen molar-refractivity contribution < 1.29 is 23.8 Å². The van der Waals surface area contributed by atoms with Gasteiger partial charge in [-0.15, -0.1) is 0 Å². The van der Waals surface area contributed by atoms with Gasteiger partial charge >= 0.3 is 5.97 Å². The molecule has 6 heteroatoms. The molecular formula is C25H23NO5. The monoisotopic (exact) mass is 417 g/mol. The molecule has 1 amide bonds. The molecule has 0 bridgehead atoms. The van der Waals surface area contributed by atoms with Crippen molar-refractivity contribution >= 4 is 23.6 Å². The Kier molecular flexibility index (Phi) is 7.43. The smallest absolute Gasteiger partial charge is 0.331 e. The van der Waals surface area contributed by atoms with E-state index in [0.717, 1.165) is 11.3 Å². The Labute approximate surface area is 181 Å². The standard InChI is InChI=1S/C25H23NO5/c1-29-22-13-14-23(30-2)20(16-22)12-15-24(27)31-17-18-8-10-19(11-9-18)25(28)26-21-6-4-3-5-7-21/h3-16H,17H2,1-2H3,(H,26,28)/b15-12+. The molecule has 1 N–H and O–H groups in total. The second kappa shape index (κ2) is 10.6. The Morgan fingerprint density at radius 3 is 2.32 bits per heavy atom. The fourth-order valence-electron chi connectivity index (χ4n) is 2.81. The van der Waals surface area contributed by atoms with Gasteiger partial charge in [0.1, 0.15) is 18.1 Å². The van der Waals surface area contributed by atoms with Crippen LogP contribution in [0.25, 0.3) is 6.08 Å². The van der Waals surface area contributed by atoms with Crippen LogP contribution in [0.3, 0.4) is 0 Å². The molecule has 6 nitrogen and oxygen atoms in total. The maximum atomic E-state index is 12.3. The van der Waals surface area contributed by atoms with Crippen LogP contribution in [0.4, 0.5) is 5.69 Å². The maximum Gasteiger partial charge on any atom is 0.331 e. The van der Waals surface area contributed by atoms with E-state index in [-0.39, 0.29) is 12.5 Å². The lowest BCUT2D eigenvalue weighted by Gasteiger charge is -2.07. The summed E-state index contributed by atoms with van der Waals surface area (Å²) in [6.07, 6.45) is 2.94. The van der Waals surface area contributed by atoms with Gasteiger partial charge in [-0.25, -0.2) is 4.79 Å². The first kappa shape index (κ1) is 21.6. The van der Waals surface area contributed by atoms with Crippen LogP contribution in [0, 0.1) is 0 Å². The van der Waals surface area contributed by atoms with Crippen molar-refractivity contribution in [2.24, 2.45) is 0 Å². The molecule has 3 aromatic carbocycles. The van der Waals surface area contributed by atoms with E-state index in [1.807, 2.05) is 30.3 Å². The lowest BCUT2D eigenvalue weighted by molar-refractivity contribution is -0.138. The first-order chi connectivity index (χ1) is 15.1. The van der Waals surface area contributed by atoms with Gasteiger partial charge in [-0.05, 0) is 54.1 Å². The zero-order chi connectivity index (χ0) is 22.1. The number of anilines is 1. The predicted molar refractivity (Wildman–Crippen MR) is 119 cm³/mol. The first-order valence-corrected chi connectivity index (χ1v) is 9.61. The second-order valence-corrected chi connectivity index (χ2v) is 6.57. The third kappa shape index (κ3) is 6.21. The van der Waals surface area contributed by atoms with Crippen LogP contribution in [0.5, 0.6) is 11.5 Å². The molecule has 158 valence electrons. The molecule has 0 radical (unpaired) electrons. The number of benzene rings is 3.